The zero-order valence-corrected chi connectivity index (χ0v) is 17.5. The van der Waals surface area contributed by atoms with Crippen molar-refractivity contribution in [3.8, 4) is 0 Å². The molecule has 3 rings (SSSR count). The van der Waals surface area contributed by atoms with Gasteiger partial charge < -0.3 is 10.3 Å². The molecule has 6 nitrogen and oxygen atoms in total. The van der Waals surface area contributed by atoms with Gasteiger partial charge in [-0.3, -0.25) is 0 Å². The summed E-state index contributed by atoms with van der Waals surface area (Å²) < 4.78 is 37.6. The maximum atomic E-state index is 13.6. The van der Waals surface area contributed by atoms with Crippen molar-refractivity contribution in [2.24, 2.45) is 0 Å². The van der Waals surface area contributed by atoms with Gasteiger partial charge in [-0.15, -0.1) is 0 Å². The Balaban J connectivity index is 2.11. The zero-order chi connectivity index (χ0) is 20.6. The molecule has 2 N–H and O–H groups in total. The number of imidazole rings is 1. The first-order valence-corrected chi connectivity index (χ1v) is 10.8. The predicted molar refractivity (Wildman–Crippen MR) is 107 cm³/mol. The topological polar surface area (TPSA) is 87.7 Å². The van der Waals surface area contributed by atoms with Crippen LogP contribution in [-0.4, -0.2) is 29.6 Å². The Kier molecular flexibility index (Phi) is 5.65. The number of pyridine rings is 1. The number of aromatic nitrogens is 3. The molecular formula is C18H17Cl2FN4O2S. The first kappa shape index (κ1) is 20.6. The highest BCUT2D eigenvalue weighted by Crippen LogP contribution is 2.29. The number of aromatic amines is 1. The van der Waals surface area contributed by atoms with Gasteiger partial charge in [0.2, 0.25) is 0 Å². The summed E-state index contributed by atoms with van der Waals surface area (Å²) in [4.78, 5) is 11.6. The largest absolute Gasteiger partial charge is 0.356 e. The SMILES string of the molecule is Cc1nc(N[C@H](c2ccc(F)c(Cl)c2)c2nc(S(C)(=O)=O)c(C)[nH]2)ccc1Cl. The maximum Gasteiger partial charge on any atom is 0.194 e. The van der Waals surface area contributed by atoms with Crippen molar-refractivity contribution < 1.29 is 12.8 Å². The fourth-order valence-electron chi connectivity index (χ4n) is 2.74. The molecule has 0 saturated carbocycles. The minimum atomic E-state index is -3.52. The van der Waals surface area contributed by atoms with Gasteiger partial charge in [-0.25, -0.2) is 22.8 Å². The molecule has 0 aliphatic carbocycles. The fraction of sp³-hybridized carbons (Fsp3) is 0.222. The van der Waals surface area contributed by atoms with Crippen LogP contribution in [-0.2, 0) is 9.84 Å². The Morgan fingerprint density at radius 2 is 1.82 bits per heavy atom. The summed E-state index contributed by atoms with van der Waals surface area (Å²) in [6, 6.07) is 6.95. The van der Waals surface area contributed by atoms with Crippen LogP contribution in [0.2, 0.25) is 10.0 Å². The number of aryl methyl sites for hydroxylation is 2. The van der Waals surface area contributed by atoms with E-state index in [1.54, 1.807) is 32.0 Å². The Morgan fingerprint density at radius 1 is 1.11 bits per heavy atom. The molecule has 28 heavy (non-hydrogen) atoms. The Hall–Kier alpha value is -2.16. The van der Waals surface area contributed by atoms with E-state index in [0.717, 1.165) is 6.26 Å². The summed E-state index contributed by atoms with van der Waals surface area (Å²) in [6.07, 6.45) is 1.08. The molecule has 148 valence electrons. The molecule has 2 aromatic heterocycles. The van der Waals surface area contributed by atoms with Gasteiger partial charge in [0.25, 0.3) is 0 Å². The van der Waals surface area contributed by atoms with Crippen molar-refractivity contribution in [3.05, 3.63) is 69.0 Å². The van der Waals surface area contributed by atoms with E-state index in [-0.39, 0.29) is 10.0 Å². The van der Waals surface area contributed by atoms with Crippen LogP contribution in [0.4, 0.5) is 10.2 Å². The lowest BCUT2D eigenvalue weighted by atomic mass is 10.1. The number of H-pyrrole nitrogens is 1. The number of nitrogens with zero attached hydrogens (tertiary/aromatic N) is 2. The van der Waals surface area contributed by atoms with Gasteiger partial charge in [-0.2, -0.15) is 0 Å². The number of sulfone groups is 1. The summed E-state index contributed by atoms with van der Waals surface area (Å²) in [5.41, 5.74) is 1.60. The van der Waals surface area contributed by atoms with Gasteiger partial charge in [0.1, 0.15) is 23.5 Å². The number of rotatable bonds is 5. The van der Waals surface area contributed by atoms with Crippen LogP contribution >= 0.6 is 23.2 Å². The Labute approximate surface area is 172 Å². The standard InChI is InChI=1S/C18H17Cl2FN4O2S/c1-9-12(19)5-7-15(22-9)24-16(11-4-6-14(21)13(20)8-11)17-23-10(2)18(25-17)28(3,26)27/h4-8,16H,1-3H3,(H,22,24)(H,23,25)/t16-/m1/s1. The molecule has 0 bridgehead atoms. The molecule has 1 aromatic carbocycles. The van der Waals surface area contributed by atoms with Gasteiger partial charge >= 0.3 is 0 Å². The van der Waals surface area contributed by atoms with E-state index >= 15 is 0 Å². The second-order valence-electron chi connectivity index (χ2n) is 6.34. The minimum Gasteiger partial charge on any atom is -0.356 e. The van der Waals surface area contributed by atoms with Crippen LogP contribution in [0.15, 0.2) is 35.4 Å². The van der Waals surface area contributed by atoms with E-state index in [4.69, 9.17) is 23.2 Å². The average molecular weight is 443 g/mol. The van der Waals surface area contributed by atoms with Crippen LogP contribution in [0.1, 0.15) is 28.8 Å². The molecule has 1 atom stereocenters. The number of hydrogen-bond acceptors (Lipinski definition) is 5. The molecular weight excluding hydrogens is 426 g/mol. The van der Waals surface area contributed by atoms with E-state index in [0.29, 0.717) is 33.6 Å². The quantitative estimate of drug-likeness (QED) is 0.608. The molecule has 0 saturated heterocycles. The van der Waals surface area contributed by atoms with Crippen LogP contribution < -0.4 is 5.32 Å². The molecule has 3 aromatic rings. The molecule has 0 aliphatic rings. The number of benzene rings is 1. The highest BCUT2D eigenvalue weighted by Gasteiger charge is 2.24. The summed E-state index contributed by atoms with van der Waals surface area (Å²) >= 11 is 12.0. The van der Waals surface area contributed by atoms with Crippen LogP contribution in [0, 0.1) is 19.7 Å². The Bertz CT molecular complexity index is 1150. The monoisotopic (exact) mass is 442 g/mol. The highest BCUT2D eigenvalue weighted by atomic mass is 35.5. The van der Waals surface area contributed by atoms with E-state index < -0.39 is 21.7 Å². The summed E-state index contributed by atoms with van der Waals surface area (Å²) in [6.45, 7) is 3.38. The molecule has 0 unspecified atom stereocenters. The van der Waals surface area contributed by atoms with Crippen molar-refractivity contribution >= 4 is 38.9 Å². The second-order valence-corrected chi connectivity index (χ2v) is 9.08. The first-order valence-electron chi connectivity index (χ1n) is 8.17. The lowest BCUT2D eigenvalue weighted by Crippen LogP contribution is -2.15. The third kappa shape index (κ3) is 4.29. The lowest BCUT2D eigenvalue weighted by molar-refractivity contribution is 0.597. The number of hydrogen-bond donors (Lipinski definition) is 2. The van der Waals surface area contributed by atoms with Crippen LogP contribution in [0.5, 0.6) is 0 Å². The molecule has 2 heterocycles. The number of anilines is 1. The van der Waals surface area contributed by atoms with Gasteiger partial charge in [-0.1, -0.05) is 29.3 Å². The van der Waals surface area contributed by atoms with Crippen molar-refractivity contribution in [1.82, 2.24) is 15.0 Å². The lowest BCUT2D eigenvalue weighted by Gasteiger charge is -2.19. The van der Waals surface area contributed by atoms with Gasteiger partial charge in [0.15, 0.2) is 14.9 Å². The van der Waals surface area contributed by atoms with E-state index in [1.165, 1.54) is 12.1 Å². The van der Waals surface area contributed by atoms with E-state index in [2.05, 4.69) is 20.3 Å². The summed E-state index contributed by atoms with van der Waals surface area (Å²) in [5, 5.41) is 3.58. The Morgan fingerprint density at radius 3 is 2.39 bits per heavy atom. The fourth-order valence-corrected chi connectivity index (χ4v) is 3.90. The smallest absolute Gasteiger partial charge is 0.194 e. The summed E-state index contributed by atoms with van der Waals surface area (Å²) in [5.74, 6) is 0.259. The number of halogens is 3. The third-order valence-corrected chi connectivity index (χ3v) is 5.86. The molecule has 0 amide bonds. The maximum absolute atomic E-state index is 13.6. The van der Waals surface area contributed by atoms with Gasteiger partial charge in [0.05, 0.1) is 21.4 Å². The normalized spacial score (nSPS) is 12.8. The number of nitrogens with one attached hydrogen (secondary N) is 2. The van der Waals surface area contributed by atoms with Crippen LogP contribution in [0.3, 0.4) is 0 Å². The molecule has 0 radical (unpaired) electrons. The van der Waals surface area contributed by atoms with Crippen molar-refractivity contribution in [1.29, 1.82) is 0 Å². The van der Waals surface area contributed by atoms with Crippen molar-refractivity contribution in [2.45, 2.75) is 24.9 Å². The highest BCUT2D eigenvalue weighted by molar-refractivity contribution is 7.90. The summed E-state index contributed by atoms with van der Waals surface area (Å²) in [7, 11) is -3.52. The van der Waals surface area contributed by atoms with Gasteiger partial charge in [0, 0.05) is 6.26 Å². The van der Waals surface area contributed by atoms with E-state index in [1.807, 2.05) is 0 Å². The molecule has 0 spiro atoms. The predicted octanol–water partition coefficient (Wildman–Crippen LogP) is 4.47. The van der Waals surface area contributed by atoms with Crippen molar-refractivity contribution in [3.63, 3.8) is 0 Å². The zero-order valence-electron chi connectivity index (χ0n) is 15.2. The second kappa shape index (κ2) is 7.69. The average Bonchev–Trinajstić information content (AvgIpc) is 3.00. The third-order valence-electron chi connectivity index (χ3n) is 4.07. The van der Waals surface area contributed by atoms with Crippen molar-refractivity contribution in [2.75, 3.05) is 11.6 Å². The molecule has 10 heteroatoms. The van der Waals surface area contributed by atoms with Crippen LogP contribution in [0.25, 0.3) is 0 Å². The van der Waals surface area contributed by atoms with E-state index in [9.17, 15) is 12.8 Å². The van der Waals surface area contributed by atoms with Gasteiger partial charge in [-0.05, 0) is 43.7 Å². The molecule has 0 fully saturated rings. The minimum absolute atomic E-state index is 0.0530. The molecule has 0 aliphatic heterocycles. The first-order chi connectivity index (χ1) is 13.1.